The van der Waals surface area contributed by atoms with Gasteiger partial charge in [-0.25, -0.2) is 9.98 Å². The fraction of sp³-hybridized carbons (Fsp3) is 0.312. The average Bonchev–Trinajstić information content (AvgIpc) is 3.09. The Morgan fingerprint density at radius 3 is 2.50 bits per heavy atom. The van der Waals surface area contributed by atoms with E-state index in [0.29, 0.717) is 12.2 Å². The minimum absolute atomic E-state index is 0. The highest BCUT2D eigenvalue weighted by Crippen LogP contribution is 2.29. The molecule has 0 radical (unpaired) electrons. The Labute approximate surface area is 180 Å². The second-order valence-electron chi connectivity index (χ2n) is 5.27. The third-order valence-electron chi connectivity index (χ3n) is 3.13. The summed E-state index contributed by atoms with van der Waals surface area (Å²) in [6.07, 6.45) is -4.47. The van der Waals surface area contributed by atoms with Gasteiger partial charge in [0.1, 0.15) is 17.3 Å². The van der Waals surface area contributed by atoms with Crippen LogP contribution in [0.1, 0.15) is 17.6 Å². The zero-order valence-electron chi connectivity index (χ0n) is 14.7. The lowest BCUT2D eigenvalue weighted by molar-refractivity contribution is -0.140. The lowest BCUT2D eigenvalue weighted by Gasteiger charge is -2.10. The number of benzene rings is 1. The van der Waals surface area contributed by atoms with Gasteiger partial charge in [0.05, 0.1) is 6.54 Å². The largest absolute Gasteiger partial charge is 0.508 e. The number of hydrogen-bond acceptors (Lipinski definition) is 5. The number of aromatic hydroxyl groups is 1. The summed E-state index contributed by atoms with van der Waals surface area (Å²) < 4.78 is 37.7. The minimum atomic E-state index is -4.47. The maximum Gasteiger partial charge on any atom is 0.434 e. The van der Waals surface area contributed by atoms with Crippen LogP contribution in [0.2, 0.25) is 0 Å². The fourth-order valence-electron chi connectivity index (χ4n) is 1.92. The van der Waals surface area contributed by atoms with Crippen molar-refractivity contribution in [3.63, 3.8) is 0 Å². The zero-order valence-corrected chi connectivity index (χ0v) is 17.9. The van der Waals surface area contributed by atoms with Gasteiger partial charge in [0, 0.05) is 17.6 Å². The van der Waals surface area contributed by atoms with Crippen molar-refractivity contribution in [2.75, 3.05) is 18.4 Å². The highest BCUT2D eigenvalue weighted by molar-refractivity contribution is 14.0. The average molecular weight is 529 g/mol. The van der Waals surface area contributed by atoms with Gasteiger partial charge >= 0.3 is 6.18 Å². The first-order chi connectivity index (χ1) is 12.8. The SMILES string of the molecule is CCNC(=NCC(=O)Nc1ccc(O)cc1)NCc1nc(C(F)(F)F)cs1.I. The van der Waals surface area contributed by atoms with E-state index in [0.717, 1.165) is 16.7 Å². The highest BCUT2D eigenvalue weighted by Gasteiger charge is 2.33. The molecule has 0 spiro atoms. The van der Waals surface area contributed by atoms with Crippen LogP contribution in [0.5, 0.6) is 5.75 Å². The van der Waals surface area contributed by atoms with E-state index in [-0.39, 0.29) is 59.7 Å². The summed E-state index contributed by atoms with van der Waals surface area (Å²) in [7, 11) is 0. The first-order valence-electron chi connectivity index (χ1n) is 7.90. The van der Waals surface area contributed by atoms with Crippen LogP contribution < -0.4 is 16.0 Å². The van der Waals surface area contributed by atoms with E-state index < -0.39 is 11.9 Å². The number of alkyl halides is 3. The first-order valence-corrected chi connectivity index (χ1v) is 8.78. The van der Waals surface area contributed by atoms with Crippen molar-refractivity contribution in [1.29, 1.82) is 0 Å². The molecule has 2 aromatic rings. The van der Waals surface area contributed by atoms with E-state index in [9.17, 15) is 23.1 Å². The van der Waals surface area contributed by atoms with Crippen LogP contribution in [-0.4, -0.2) is 35.0 Å². The summed E-state index contributed by atoms with van der Waals surface area (Å²) in [4.78, 5) is 19.5. The van der Waals surface area contributed by atoms with Crippen LogP contribution in [0, 0.1) is 0 Å². The quantitative estimate of drug-likeness (QED) is 0.200. The zero-order chi connectivity index (χ0) is 19.9. The van der Waals surface area contributed by atoms with Crippen LogP contribution in [0.15, 0.2) is 34.6 Å². The molecule has 1 aromatic carbocycles. The molecule has 4 N–H and O–H groups in total. The molecule has 28 heavy (non-hydrogen) atoms. The number of nitrogens with one attached hydrogen (secondary N) is 3. The fourth-order valence-corrected chi connectivity index (χ4v) is 2.66. The number of carbonyl (C=O) groups is 1. The molecule has 0 saturated carbocycles. The number of anilines is 1. The van der Waals surface area contributed by atoms with Crippen molar-refractivity contribution in [2.45, 2.75) is 19.6 Å². The summed E-state index contributed by atoms with van der Waals surface area (Å²) in [6.45, 7) is 2.18. The molecular weight excluding hydrogens is 510 g/mol. The van der Waals surface area contributed by atoms with Crippen LogP contribution >= 0.6 is 35.3 Å². The second-order valence-corrected chi connectivity index (χ2v) is 6.21. The van der Waals surface area contributed by atoms with E-state index in [2.05, 4.69) is 25.9 Å². The van der Waals surface area contributed by atoms with E-state index >= 15 is 0 Å². The lowest BCUT2D eigenvalue weighted by atomic mass is 10.3. The molecule has 0 bridgehead atoms. The van der Waals surface area contributed by atoms with Gasteiger partial charge in [-0.15, -0.1) is 35.3 Å². The van der Waals surface area contributed by atoms with Crippen LogP contribution in [0.4, 0.5) is 18.9 Å². The number of halogens is 4. The number of phenolic OH excluding ortho intramolecular Hbond substituents is 1. The summed E-state index contributed by atoms with van der Waals surface area (Å²) >= 11 is 0.888. The topological polar surface area (TPSA) is 98.6 Å². The Hall–Kier alpha value is -2.09. The van der Waals surface area contributed by atoms with E-state index in [1.165, 1.54) is 12.1 Å². The van der Waals surface area contributed by atoms with Crippen molar-refractivity contribution in [3.05, 3.63) is 40.3 Å². The Balaban J connectivity index is 0.00000392. The van der Waals surface area contributed by atoms with Gasteiger partial charge in [-0.2, -0.15) is 13.2 Å². The molecule has 0 saturated heterocycles. The van der Waals surface area contributed by atoms with Crippen LogP contribution in [0.25, 0.3) is 0 Å². The van der Waals surface area contributed by atoms with Gasteiger partial charge in [0.25, 0.3) is 0 Å². The second kappa shape index (κ2) is 11.0. The molecular formula is C16H19F3IN5O2S. The Kier molecular flexibility index (Phi) is 9.45. The molecule has 0 aliphatic heterocycles. The number of phenols is 1. The molecule has 0 aliphatic rings. The maximum absolute atomic E-state index is 12.6. The standard InChI is InChI=1S/C16H18F3N5O2S.HI/c1-2-20-15(22-8-14-24-12(9-27-14)16(17,18)19)21-7-13(26)23-10-3-5-11(25)6-4-10;/h3-6,9,25H,2,7-8H2,1H3,(H,23,26)(H2,20,21,22);1H. The van der Waals surface area contributed by atoms with Crippen molar-refractivity contribution >= 4 is 52.9 Å². The summed E-state index contributed by atoms with van der Waals surface area (Å²) in [5.41, 5.74) is -0.423. The molecule has 0 atom stereocenters. The maximum atomic E-state index is 12.6. The number of thiazole rings is 1. The predicted octanol–water partition coefficient (Wildman–Crippen LogP) is 3.18. The number of rotatable bonds is 6. The van der Waals surface area contributed by atoms with Crippen molar-refractivity contribution in [3.8, 4) is 5.75 Å². The number of aliphatic imine (C=N–C) groups is 1. The van der Waals surface area contributed by atoms with Crippen molar-refractivity contribution in [2.24, 2.45) is 4.99 Å². The third kappa shape index (κ3) is 7.88. The number of amides is 1. The minimum Gasteiger partial charge on any atom is -0.508 e. The van der Waals surface area contributed by atoms with Crippen LogP contribution in [0.3, 0.4) is 0 Å². The first kappa shape index (κ1) is 23.9. The molecule has 154 valence electrons. The predicted molar refractivity (Wildman–Crippen MR) is 112 cm³/mol. The monoisotopic (exact) mass is 529 g/mol. The number of guanidine groups is 1. The number of aromatic nitrogens is 1. The van der Waals surface area contributed by atoms with Crippen molar-refractivity contribution in [1.82, 2.24) is 15.6 Å². The Morgan fingerprint density at radius 1 is 1.25 bits per heavy atom. The molecule has 12 heteroatoms. The molecule has 0 unspecified atom stereocenters. The normalized spacial score (nSPS) is 11.5. The van der Waals surface area contributed by atoms with Gasteiger partial charge < -0.3 is 21.1 Å². The smallest absolute Gasteiger partial charge is 0.434 e. The van der Waals surface area contributed by atoms with Gasteiger partial charge in [-0.05, 0) is 31.2 Å². The van der Waals surface area contributed by atoms with Crippen LogP contribution in [-0.2, 0) is 17.5 Å². The van der Waals surface area contributed by atoms with E-state index in [1.807, 2.05) is 6.92 Å². The highest BCUT2D eigenvalue weighted by atomic mass is 127. The van der Waals surface area contributed by atoms with Gasteiger partial charge in [-0.3, -0.25) is 4.79 Å². The summed E-state index contributed by atoms with van der Waals surface area (Å²) in [5, 5.41) is 18.8. The van der Waals surface area contributed by atoms with Gasteiger partial charge in [0.15, 0.2) is 11.7 Å². The summed E-state index contributed by atoms with van der Waals surface area (Å²) in [5.74, 6) is -0.0193. The molecule has 1 aromatic heterocycles. The number of carbonyl (C=O) groups excluding carboxylic acids is 1. The molecule has 2 rings (SSSR count). The van der Waals surface area contributed by atoms with Crippen molar-refractivity contribution < 1.29 is 23.1 Å². The Morgan fingerprint density at radius 2 is 1.93 bits per heavy atom. The summed E-state index contributed by atoms with van der Waals surface area (Å²) in [6, 6.07) is 5.96. The third-order valence-corrected chi connectivity index (χ3v) is 3.97. The lowest BCUT2D eigenvalue weighted by Crippen LogP contribution is -2.37. The molecule has 1 amide bonds. The number of hydrogen-bond donors (Lipinski definition) is 4. The van der Waals surface area contributed by atoms with Gasteiger partial charge in [-0.1, -0.05) is 0 Å². The van der Waals surface area contributed by atoms with E-state index in [1.54, 1.807) is 12.1 Å². The molecule has 0 fully saturated rings. The van der Waals surface area contributed by atoms with E-state index in [4.69, 9.17) is 0 Å². The molecule has 1 heterocycles. The number of nitrogens with zero attached hydrogens (tertiary/aromatic N) is 2. The molecule has 7 nitrogen and oxygen atoms in total. The Bertz CT molecular complexity index is 796. The molecule has 0 aliphatic carbocycles. The van der Waals surface area contributed by atoms with Gasteiger partial charge in [0.2, 0.25) is 5.91 Å².